The van der Waals surface area contributed by atoms with Gasteiger partial charge in [-0.1, -0.05) is 42.0 Å². The van der Waals surface area contributed by atoms with Gasteiger partial charge >= 0.3 is 5.69 Å². The van der Waals surface area contributed by atoms with E-state index in [4.69, 9.17) is 0 Å². The Balaban J connectivity index is 1.56. The van der Waals surface area contributed by atoms with Crippen LogP contribution >= 0.6 is 0 Å². The van der Waals surface area contributed by atoms with Crippen molar-refractivity contribution in [2.24, 2.45) is 0 Å². The van der Waals surface area contributed by atoms with Crippen LogP contribution in [-0.2, 0) is 13.1 Å². The number of nitrogens with zero attached hydrogens (tertiary/aromatic N) is 6. The van der Waals surface area contributed by atoms with Gasteiger partial charge in [0, 0.05) is 0 Å². The second kappa shape index (κ2) is 7.14. The first-order chi connectivity index (χ1) is 14.6. The number of aryl methyl sites for hydroxylation is 1. The van der Waals surface area contributed by atoms with Gasteiger partial charge in [0.05, 0.1) is 19.4 Å². The summed E-state index contributed by atoms with van der Waals surface area (Å²) in [5.74, 6) is 0.155. The molecule has 2 aliphatic heterocycles. The van der Waals surface area contributed by atoms with Gasteiger partial charge in [-0.3, -0.25) is 4.57 Å². The first-order valence-electron chi connectivity index (χ1n) is 9.45. The zero-order valence-corrected chi connectivity index (χ0v) is 16.2. The maximum absolute atomic E-state index is 13.2. The predicted molar refractivity (Wildman–Crippen MR) is 110 cm³/mol. The van der Waals surface area contributed by atoms with Gasteiger partial charge in [-0.15, -0.1) is 0 Å². The molecule has 0 bridgehead atoms. The number of halogens is 1. The molecule has 0 aliphatic carbocycles. The number of fused-ring (bicyclic) bond motifs is 3. The Morgan fingerprint density at radius 2 is 1.60 bits per heavy atom. The third kappa shape index (κ3) is 3.22. The lowest BCUT2D eigenvalue weighted by atomic mass is 10.1. The van der Waals surface area contributed by atoms with Crippen LogP contribution in [-0.4, -0.2) is 29.1 Å². The van der Waals surface area contributed by atoms with Crippen LogP contribution in [0.2, 0.25) is 0 Å². The molecule has 148 valence electrons. The molecule has 30 heavy (non-hydrogen) atoms. The standard InChI is InChI=1S/C22H17FN6O/c1-14-2-4-16(5-3-14)11-29-21-19(27-22(29)30)18-20(24-12-25-21)28(13-26-18)10-15-6-8-17(23)9-7-15/h2-9,12-13H,10-11H2,1H3. The number of hydrogen-bond donors (Lipinski definition) is 0. The van der Waals surface area contributed by atoms with E-state index in [-0.39, 0.29) is 11.5 Å². The Hall–Kier alpha value is -3.94. The molecule has 0 amide bonds. The minimum absolute atomic E-state index is 0.285. The molecule has 2 aromatic carbocycles. The minimum atomic E-state index is -0.376. The second-order valence-corrected chi connectivity index (χ2v) is 7.18. The highest BCUT2D eigenvalue weighted by Gasteiger charge is 2.21. The zero-order chi connectivity index (χ0) is 20.7. The first-order valence-corrected chi connectivity index (χ1v) is 9.45. The third-order valence-electron chi connectivity index (χ3n) is 5.03. The summed E-state index contributed by atoms with van der Waals surface area (Å²) in [4.78, 5) is 30.0. The van der Waals surface area contributed by atoms with E-state index in [9.17, 15) is 9.18 Å². The fourth-order valence-corrected chi connectivity index (χ4v) is 3.45. The van der Waals surface area contributed by atoms with E-state index in [2.05, 4.69) is 19.9 Å². The normalized spacial score (nSPS) is 11.4. The van der Waals surface area contributed by atoms with Gasteiger partial charge in [-0.05, 0) is 30.2 Å². The van der Waals surface area contributed by atoms with Crippen molar-refractivity contribution in [1.82, 2.24) is 29.1 Å². The van der Waals surface area contributed by atoms with Crippen molar-refractivity contribution in [1.29, 1.82) is 0 Å². The molecule has 1 aromatic heterocycles. The molecule has 0 unspecified atom stereocenters. The maximum atomic E-state index is 13.2. The first kappa shape index (κ1) is 18.1. The number of imidazole rings is 2. The van der Waals surface area contributed by atoms with Crippen LogP contribution in [0.4, 0.5) is 4.39 Å². The minimum Gasteiger partial charge on any atom is -0.311 e. The molecule has 2 aliphatic rings. The lowest BCUT2D eigenvalue weighted by Crippen LogP contribution is -2.17. The summed E-state index contributed by atoms with van der Waals surface area (Å²) < 4.78 is 16.5. The molecule has 0 saturated carbocycles. The molecule has 7 nitrogen and oxygen atoms in total. The van der Waals surface area contributed by atoms with Crippen LogP contribution in [0.5, 0.6) is 0 Å². The van der Waals surface area contributed by atoms with Crippen LogP contribution in [0.15, 0.2) is 66.0 Å². The smallest absolute Gasteiger partial charge is 0.311 e. The number of rotatable bonds is 4. The van der Waals surface area contributed by atoms with Crippen molar-refractivity contribution in [3.63, 3.8) is 0 Å². The third-order valence-corrected chi connectivity index (χ3v) is 5.03. The highest BCUT2D eigenvalue weighted by Crippen LogP contribution is 2.23. The summed E-state index contributed by atoms with van der Waals surface area (Å²) in [5.41, 5.74) is 4.14. The molecule has 0 spiro atoms. The van der Waals surface area contributed by atoms with Crippen molar-refractivity contribution >= 4 is 11.2 Å². The zero-order valence-electron chi connectivity index (χ0n) is 16.2. The molecule has 3 aromatic rings. The summed E-state index contributed by atoms with van der Waals surface area (Å²) in [6, 6.07) is 14.2. The predicted octanol–water partition coefficient (Wildman–Crippen LogP) is 3.03. The SMILES string of the molecule is Cc1ccc(Cn2c3ncnc4c(ncn4Cc4ccc(F)cc4)c-3nc2=O)cc1. The van der Waals surface area contributed by atoms with E-state index >= 15 is 0 Å². The Kier molecular flexibility index (Phi) is 4.31. The van der Waals surface area contributed by atoms with E-state index < -0.39 is 0 Å². The largest absolute Gasteiger partial charge is 0.350 e. The van der Waals surface area contributed by atoms with E-state index in [1.54, 1.807) is 18.5 Å². The lowest BCUT2D eigenvalue weighted by Gasteiger charge is -2.04. The summed E-state index contributed by atoms with van der Waals surface area (Å²) >= 11 is 0. The van der Waals surface area contributed by atoms with Crippen LogP contribution in [0, 0.1) is 12.7 Å². The number of aromatic nitrogens is 6. The molecule has 8 heteroatoms. The van der Waals surface area contributed by atoms with Crippen LogP contribution in [0.3, 0.4) is 0 Å². The summed E-state index contributed by atoms with van der Waals surface area (Å²) in [7, 11) is 0. The molecule has 5 rings (SSSR count). The highest BCUT2D eigenvalue weighted by atomic mass is 19.1. The maximum Gasteiger partial charge on any atom is 0.350 e. The molecular weight excluding hydrogens is 383 g/mol. The van der Waals surface area contributed by atoms with Crippen molar-refractivity contribution in [2.45, 2.75) is 20.0 Å². The molecule has 0 fully saturated rings. The molecule has 0 atom stereocenters. The Labute approximate surface area is 170 Å². The number of benzene rings is 2. The molecular formula is C22H17FN6O. The molecule has 3 heterocycles. The monoisotopic (exact) mass is 400 g/mol. The summed E-state index contributed by atoms with van der Waals surface area (Å²) in [5, 5.41) is 0. The van der Waals surface area contributed by atoms with Crippen molar-refractivity contribution in [3.8, 4) is 11.5 Å². The fraction of sp³-hybridized carbons (Fsp3) is 0.136. The Morgan fingerprint density at radius 1 is 0.900 bits per heavy atom. The van der Waals surface area contributed by atoms with Crippen molar-refractivity contribution in [2.75, 3.05) is 0 Å². The van der Waals surface area contributed by atoms with Crippen LogP contribution in [0.1, 0.15) is 16.7 Å². The summed E-state index contributed by atoms with van der Waals surface area (Å²) in [6.45, 7) is 2.84. The van der Waals surface area contributed by atoms with E-state index in [1.165, 1.54) is 23.0 Å². The van der Waals surface area contributed by atoms with Crippen LogP contribution in [0.25, 0.3) is 22.7 Å². The molecule has 0 N–H and O–H groups in total. The van der Waals surface area contributed by atoms with Crippen LogP contribution < -0.4 is 5.69 Å². The van der Waals surface area contributed by atoms with E-state index in [1.807, 2.05) is 35.8 Å². The summed E-state index contributed by atoms with van der Waals surface area (Å²) in [6.07, 6.45) is 3.06. The van der Waals surface area contributed by atoms with Gasteiger partial charge < -0.3 is 4.57 Å². The topological polar surface area (TPSA) is 78.5 Å². The quantitative estimate of drug-likeness (QED) is 0.463. The van der Waals surface area contributed by atoms with E-state index in [0.29, 0.717) is 35.8 Å². The molecule has 0 saturated heterocycles. The fourth-order valence-electron chi connectivity index (χ4n) is 3.45. The van der Waals surface area contributed by atoms with Gasteiger partial charge in [0.2, 0.25) is 0 Å². The second-order valence-electron chi connectivity index (χ2n) is 7.18. The van der Waals surface area contributed by atoms with Crippen molar-refractivity contribution < 1.29 is 4.39 Å². The molecule has 0 radical (unpaired) electrons. The van der Waals surface area contributed by atoms with Gasteiger partial charge in [-0.2, -0.15) is 4.98 Å². The Morgan fingerprint density at radius 3 is 2.37 bits per heavy atom. The highest BCUT2D eigenvalue weighted by molar-refractivity contribution is 5.85. The van der Waals surface area contributed by atoms with E-state index in [0.717, 1.165) is 16.7 Å². The van der Waals surface area contributed by atoms with Gasteiger partial charge in [0.15, 0.2) is 11.5 Å². The number of hydrogen-bond acceptors (Lipinski definition) is 5. The van der Waals surface area contributed by atoms with Gasteiger partial charge in [-0.25, -0.2) is 24.1 Å². The lowest BCUT2D eigenvalue weighted by molar-refractivity contribution is 0.626. The van der Waals surface area contributed by atoms with Gasteiger partial charge in [0.1, 0.15) is 23.4 Å². The Bertz CT molecular complexity index is 1370. The average molecular weight is 400 g/mol. The van der Waals surface area contributed by atoms with Gasteiger partial charge in [0.25, 0.3) is 0 Å². The average Bonchev–Trinajstić information content (AvgIpc) is 3.21. The van der Waals surface area contributed by atoms with Crippen molar-refractivity contribution in [3.05, 3.63) is 94.2 Å².